The Bertz CT molecular complexity index is 1420. The molecule has 0 aliphatic carbocycles. The maximum Gasteiger partial charge on any atom is 0.268 e. The summed E-state index contributed by atoms with van der Waals surface area (Å²) in [6.07, 6.45) is 1.62. The molecule has 1 N–H and O–H groups in total. The van der Waals surface area contributed by atoms with Crippen molar-refractivity contribution < 1.29 is 9.53 Å². The molecule has 0 fully saturated rings. The van der Waals surface area contributed by atoms with E-state index in [1.165, 1.54) is 22.3 Å². The van der Waals surface area contributed by atoms with Gasteiger partial charge in [-0.25, -0.2) is 9.67 Å². The zero-order chi connectivity index (χ0) is 22.6. The molecule has 3 aromatic carbocycles. The molecule has 0 saturated carbocycles. The van der Waals surface area contributed by atoms with Crippen molar-refractivity contribution in [1.29, 1.82) is 0 Å². The van der Waals surface area contributed by atoms with Gasteiger partial charge in [-0.2, -0.15) is 0 Å². The number of hydrogen-bond acceptors (Lipinski definition) is 5. The first-order valence-corrected chi connectivity index (χ1v) is 11.5. The van der Waals surface area contributed by atoms with E-state index in [4.69, 9.17) is 4.74 Å². The first-order valence-electron chi connectivity index (χ1n) is 10.6. The summed E-state index contributed by atoms with van der Waals surface area (Å²) in [4.78, 5) is 17.4. The number of amides is 1. The van der Waals surface area contributed by atoms with Crippen LogP contribution < -0.4 is 10.1 Å². The van der Waals surface area contributed by atoms with Crippen LogP contribution in [0.25, 0.3) is 10.8 Å². The smallest absolute Gasteiger partial charge is 0.268 e. The molecule has 6 nitrogen and oxygen atoms in total. The Morgan fingerprint density at radius 3 is 2.76 bits per heavy atom. The van der Waals surface area contributed by atoms with Gasteiger partial charge >= 0.3 is 0 Å². The lowest BCUT2D eigenvalue weighted by Crippen LogP contribution is -2.12. The molecule has 0 saturated heterocycles. The van der Waals surface area contributed by atoms with E-state index < -0.39 is 0 Å². The van der Waals surface area contributed by atoms with Crippen LogP contribution in [0.3, 0.4) is 0 Å². The van der Waals surface area contributed by atoms with Gasteiger partial charge in [0.1, 0.15) is 18.7 Å². The Hall–Kier alpha value is -3.97. The SMILES string of the molecule is Cc1cccc(Cn2cnc(NC(=O)c3cc(COc4ccc5ccccc5c4)cs3)n2)c1. The highest BCUT2D eigenvalue weighted by Gasteiger charge is 2.12. The molecule has 0 radical (unpaired) electrons. The molecule has 2 heterocycles. The lowest BCUT2D eigenvalue weighted by molar-refractivity contribution is 0.102. The van der Waals surface area contributed by atoms with Crippen LogP contribution in [0.1, 0.15) is 26.4 Å². The summed E-state index contributed by atoms with van der Waals surface area (Å²) in [7, 11) is 0. The van der Waals surface area contributed by atoms with Crippen LogP contribution in [0.15, 0.2) is 84.5 Å². The summed E-state index contributed by atoms with van der Waals surface area (Å²) in [6.45, 7) is 3.05. The molecule has 1 amide bonds. The van der Waals surface area contributed by atoms with Gasteiger partial charge in [-0.05, 0) is 46.8 Å². The van der Waals surface area contributed by atoms with E-state index in [0.29, 0.717) is 18.0 Å². The normalized spacial score (nSPS) is 10.9. The monoisotopic (exact) mass is 454 g/mol. The highest BCUT2D eigenvalue weighted by molar-refractivity contribution is 7.12. The van der Waals surface area contributed by atoms with Crippen molar-refractivity contribution >= 4 is 34.0 Å². The molecule has 5 rings (SSSR count). The third-order valence-electron chi connectivity index (χ3n) is 5.19. The summed E-state index contributed by atoms with van der Waals surface area (Å²) < 4.78 is 7.64. The maximum atomic E-state index is 12.6. The molecule has 0 atom stereocenters. The van der Waals surface area contributed by atoms with E-state index in [2.05, 4.69) is 46.6 Å². The number of thiophene rings is 1. The van der Waals surface area contributed by atoms with Gasteiger partial charge in [0, 0.05) is 5.56 Å². The number of hydrogen-bond donors (Lipinski definition) is 1. The molecule has 0 bridgehead atoms. The zero-order valence-corrected chi connectivity index (χ0v) is 18.9. The second-order valence-corrected chi connectivity index (χ2v) is 8.74. The van der Waals surface area contributed by atoms with Gasteiger partial charge in [-0.15, -0.1) is 16.4 Å². The van der Waals surface area contributed by atoms with Crippen molar-refractivity contribution in [1.82, 2.24) is 14.8 Å². The van der Waals surface area contributed by atoms with Gasteiger partial charge in [0.15, 0.2) is 0 Å². The summed E-state index contributed by atoms with van der Waals surface area (Å²) in [5, 5.41) is 11.4. The Labute approximate surface area is 195 Å². The third kappa shape index (κ3) is 5.10. The van der Waals surface area contributed by atoms with Gasteiger partial charge in [0.2, 0.25) is 5.95 Å². The average molecular weight is 455 g/mol. The average Bonchev–Trinajstić information content (AvgIpc) is 3.47. The minimum atomic E-state index is -0.231. The number of carbonyl (C=O) groups is 1. The van der Waals surface area contributed by atoms with Gasteiger partial charge in [0.05, 0.1) is 11.4 Å². The van der Waals surface area contributed by atoms with Gasteiger partial charge in [0.25, 0.3) is 5.91 Å². The van der Waals surface area contributed by atoms with Crippen molar-refractivity contribution in [3.63, 3.8) is 0 Å². The van der Waals surface area contributed by atoms with E-state index in [9.17, 15) is 4.79 Å². The zero-order valence-electron chi connectivity index (χ0n) is 18.1. The van der Waals surface area contributed by atoms with Gasteiger partial charge in [-0.1, -0.05) is 60.2 Å². The minimum Gasteiger partial charge on any atom is -0.489 e. The molecular weight excluding hydrogens is 432 g/mol. The van der Waals surface area contributed by atoms with Crippen molar-refractivity contribution in [2.24, 2.45) is 0 Å². The van der Waals surface area contributed by atoms with E-state index in [0.717, 1.165) is 22.3 Å². The fraction of sp³-hybridized carbons (Fsp3) is 0.115. The number of rotatable bonds is 7. The summed E-state index contributed by atoms with van der Waals surface area (Å²) >= 11 is 1.37. The molecule has 2 aromatic heterocycles. The van der Waals surface area contributed by atoms with Crippen molar-refractivity contribution in [2.75, 3.05) is 5.32 Å². The van der Waals surface area contributed by atoms with Gasteiger partial charge < -0.3 is 4.74 Å². The van der Waals surface area contributed by atoms with Crippen LogP contribution in [0.2, 0.25) is 0 Å². The van der Waals surface area contributed by atoms with Crippen LogP contribution in [0.4, 0.5) is 5.95 Å². The molecule has 0 spiro atoms. The van der Waals surface area contributed by atoms with Crippen molar-refractivity contribution in [3.8, 4) is 5.75 Å². The lowest BCUT2D eigenvalue weighted by atomic mass is 10.1. The Morgan fingerprint density at radius 1 is 1.00 bits per heavy atom. The standard InChI is InChI=1S/C26H22N4O2S/c1-18-5-4-6-19(11-18)14-30-17-27-26(29-30)28-25(31)24-12-20(16-33-24)15-32-23-10-9-21-7-2-3-8-22(21)13-23/h2-13,16-17H,14-15H2,1H3,(H,28,29,31). The quantitative estimate of drug-likeness (QED) is 0.343. The summed E-state index contributed by atoms with van der Waals surface area (Å²) in [6, 6.07) is 24.2. The summed E-state index contributed by atoms with van der Waals surface area (Å²) in [5.41, 5.74) is 3.27. The molecule has 33 heavy (non-hydrogen) atoms. The number of anilines is 1. The van der Waals surface area contributed by atoms with Crippen LogP contribution >= 0.6 is 11.3 Å². The second kappa shape index (κ2) is 9.26. The number of nitrogens with zero attached hydrogens (tertiary/aromatic N) is 3. The molecule has 7 heteroatoms. The molecule has 0 aliphatic rings. The number of aromatic nitrogens is 3. The lowest BCUT2D eigenvalue weighted by Gasteiger charge is -2.06. The third-order valence-corrected chi connectivity index (χ3v) is 6.17. The van der Waals surface area contributed by atoms with Crippen molar-refractivity contribution in [3.05, 3.63) is 106 Å². The number of aryl methyl sites for hydroxylation is 1. The van der Waals surface area contributed by atoms with Crippen molar-refractivity contribution in [2.45, 2.75) is 20.1 Å². The molecule has 164 valence electrons. The Morgan fingerprint density at radius 2 is 1.88 bits per heavy atom. The highest BCUT2D eigenvalue weighted by Crippen LogP contribution is 2.23. The number of benzene rings is 3. The van der Waals surface area contributed by atoms with Crippen LogP contribution in [0, 0.1) is 6.92 Å². The predicted molar refractivity (Wildman–Crippen MR) is 131 cm³/mol. The predicted octanol–water partition coefficient (Wildman–Crippen LogP) is 5.68. The number of ether oxygens (including phenoxy) is 1. The fourth-order valence-electron chi connectivity index (χ4n) is 3.58. The molecule has 5 aromatic rings. The Balaban J connectivity index is 1.18. The number of nitrogens with one attached hydrogen (secondary N) is 1. The molecule has 0 aliphatic heterocycles. The number of carbonyl (C=O) groups excluding carboxylic acids is 1. The highest BCUT2D eigenvalue weighted by atomic mass is 32.1. The topological polar surface area (TPSA) is 69.0 Å². The van der Waals surface area contributed by atoms with E-state index in [1.54, 1.807) is 11.0 Å². The summed E-state index contributed by atoms with van der Waals surface area (Å²) in [5.74, 6) is 0.856. The number of fused-ring (bicyclic) bond motifs is 1. The van der Waals surface area contributed by atoms with E-state index >= 15 is 0 Å². The first kappa shape index (κ1) is 20.9. The van der Waals surface area contributed by atoms with Crippen LogP contribution in [-0.2, 0) is 13.2 Å². The fourth-order valence-corrected chi connectivity index (χ4v) is 4.37. The maximum absolute atomic E-state index is 12.6. The molecular formula is C26H22N4O2S. The van der Waals surface area contributed by atoms with E-state index in [-0.39, 0.29) is 11.9 Å². The largest absolute Gasteiger partial charge is 0.489 e. The van der Waals surface area contributed by atoms with Crippen LogP contribution in [-0.4, -0.2) is 20.7 Å². The minimum absolute atomic E-state index is 0.231. The van der Waals surface area contributed by atoms with Gasteiger partial charge in [-0.3, -0.25) is 10.1 Å². The first-order chi connectivity index (χ1) is 16.1. The Kier molecular flexibility index (Phi) is 5.87. The van der Waals surface area contributed by atoms with Crippen LogP contribution in [0.5, 0.6) is 5.75 Å². The second-order valence-electron chi connectivity index (χ2n) is 7.83. The molecule has 0 unspecified atom stereocenters. The van der Waals surface area contributed by atoms with E-state index in [1.807, 2.05) is 53.9 Å².